The minimum absolute atomic E-state index is 0.0318. The Morgan fingerprint density at radius 2 is 1.14 bits per heavy atom. The number of benzene rings is 3. The highest BCUT2D eigenvalue weighted by molar-refractivity contribution is 6.25. The van der Waals surface area contributed by atoms with Crippen LogP contribution < -0.4 is 0 Å². The average Bonchev–Trinajstić information content (AvgIpc) is 2.51. The summed E-state index contributed by atoms with van der Waals surface area (Å²) in [6.45, 7) is 3.72. The standard InChI is InChI=1S/C19H16O3/c1-11(2)18(20)16-12-7-3-5-9-14(12)17(19(21)22)15-10-6-4-8-13(15)16/h3-11H,1-2H3,(H,21,22). The third kappa shape index (κ3) is 2.06. The van der Waals surface area contributed by atoms with Crippen LogP contribution in [-0.2, 0) is 0 Å². The summed E-state index contributed by atoms with van der Waals surface area (Å²) < 4.78 is 0. The van der Waals surface area contributed by atoms with E-state index in [2.05, 4.69) is 0 Å². The highest BCUT2D eigenvalue weighted by atomic mass is 16.4. The van der Waals surface area contributed by atoms with E-state index in [9.17, 15) is 14.7 Å². The molecule has 3 aromatic carbocycles. The Hall–Kier alpha value is -2.68. The summed E-state index contributed by atoms with van der Waals surface area (Å²) in [6.07, 6.45) is 0. The molecule has 0 aromatic heterocycles. The van der Waals surface area contributed by atoms with Crippen LogP contribution in [0.15, 0.2) is 48.5 Å². The number of carboxylic acid groups (broad SMARTS) is 1. The Morgan fingerprint density at radius 3 is 1.45 bits per heavy atom. The van der Waals surface area contributed by atoms with Gasteiger partial charge in [-0.1, -0.05) is 62.4 Å². The van der Waals surface area contributed by atoms with Gasteiger partial charge in [0, 0.05) is 11.5 Å². The van der Waals surface area contributed by atoms with E-state index < -0.39 is 5.97 Å². The van der Waals surface area contributed by atoms with E-state index >= 15 is 0 Å². The van der Waals surface area contributed by atoms with Crippen LogP contribution in [0, 0.1) is 5.92 Å². The van der Waals surface area contributed by atoms with Crippen molar-refractivity contribution in [2.45, 2.75) is 13.8 Å². The topological polar surface area (TPSA) is 54.4 Å². The van der Waals surface area contributed by atoms with Gasteiger partial charge in [-0.2, -0.15) is 0 Å². The van der Waals surface area contributed by atoms with Crippen molar-refractivity contribution in [2.75, 3.05) is 0 Å². The van der Waals surface area contributed by atoms with Crippen molar-refractivity contribution in [2.24, 2.45) is 5.92 Å². The number of carbonyl (C=O) groups is 2. The number of hydrogen-bond donors (Lipinski definition) is 1. The summed E-state index contributed by atoms with van der Waals surface area (Å²) in [7, 11) is 0. The molecule has 3 nitrogen and oxygen atoms in total. The van der Waals surface area contributed by atoms with Crippen LogP contribution in [0.2, 0.25) is 0 Å². The summed E-state index contributed by atoms with van der Waals surface area (Å²) in [4.78, 5) is 24.5. The van der Waals surface area contributed by atoms with Crippen LogP contribution in [0.4, 0.5) is 0 Å². The van der Waals surface area contributed by atoms with Crippen molar-refractivity contribution in [1.82, 2.24) is 0 Å². The van der Waals surface area contributed by atoms with Gasteiger partial charge in [-0.3, -0.25) is 4.79 Å². The molecule has 3 rings (SSSR count). The van der Waals surface area contributed by atoms with Crippen molar-refractivity contribution in [3.8, 4) is 0 Å². The van der Waals surface area contributed by atoms with E-state index in [0.29, 0.717) is 27.1 Å². The molecule has 3 heteroatoms. The second-order valence-corrected chi connectivity index (χ2v) is 5.67. The van der Waals surface area contributed by atoms with Gasteiger partial charge in [0.05, 0.1) is 5.56 Å². The maximum absolute atomic E-state index is 12.7. The van der Waals surface area contributed by atoms with E-state index in [0.717, 1.165) is 0 Å². The lowest BCUT2D eigenvalue weighted by molar-refractivity contribution is 0.0700. The zero-order valence-electron chi connectivity index (χ0n) is 12.5. The Bertz CT molecular complexity index is 850. The van der Waals surface area contributed by atoms with Crippen LogP contribution in [0.1, 0.15) is 34.6 Å². The zero-order valence-corrected chi connectivity index (χ0v) is 12.5. The highest BCUT2D eigenvalue weighted by Gasteiger charge is 2.22. The molecule has 0 amide bonds. The largest absolute Gasteiger partial charge is 0.478 e. The molecule has 0 aliphatic carbocycles. The molecule has 110 valence electrons. The molecule has 3 aromatic rings. The van der Waals surface area contributed by atoms with Gasteiger partial charge in [-0.15, -0.1) is 0 Å². The number of fused-ring (bicyclic) bond motifs is 2. The van der Waals surface area contributed by atoms with Crippen molar-refractivity contribution < 1.29 is 14.7 Å². The van der Waals surface area contributed by atoms with Crippen LogP contribution >= 0.6 is 0 Å². The predicted molar refractivity (Wildman–Crippen MR) is 87.6 cm³/mol. The first kappa shape index (κ1) is 14.3. The maximum Gasteiger partial charge on any atom is 0.336 e. The van der Waals surface area contributed by atoms with Gasteiger partial charge < -0.3 is 5.11 Å². The molecule has 0 atom stereocenters. The first-order valence-electron chi connectivity index (χ1n) is 7.23. The number of carbonyl (C=O) groups excluding carboxylic acids is 1. The van der Waals surface area contributed by atoms with Crippen molar-refractivity contribution >= 4 is 33.3 Å². The minimum atomic E-state index is -0.976. The number of ketones is 1. The van der Waals surface area contributed by atoms with E-state index in [-0.39, 0.29) is 17.3 Å². The lowest BCUT2D eigenvalue weighted by atomic mass is 9.87. The normalized spacial score (nSPS) is 11.2. The fourth-order valence-corrected chi connectivity index (χ4v) is 2.91. The molecule has 1 N–H and O–H groups in total. The van der Waals surface area contributed by atoms with Gasteiger partial charge >= 0.3 is 5.97 Å². The fourth-order valence-electron chi connectivity index (χ4n) is 2.91. The highest BCUT2D eigenvalue weighted by Crippen LogP contribution is 2.34. The summed E-state index contributed by atoms with van der Waals surface area (Å²) in [5.41, 5.74) is 0.873. The maximum atomic E-state index is 12.7. The number of aromatic carboxylic acids is 1. The molecule has 0 saturated heterocycles. The smallest absolute Gasteiger partial charge is 0.336 e. The molecular formula is C19H16O3. The van der Waals surface area contributed by atoms with Crippen LogP contribution in [0.3, 0.4) is 0 Å². The number of carboxylic acids is 1. The Kier molecular flexibility index (Phi) is 3.41. The molecule has 0 radical (unpaired) electrons. The first-order chi connectivity index (χ1) is 10.5. The van der Waals surface area contributed by atoms with Crippen LogP contribution in [0.5, 0.6) is 0 Å². The number of Topliss-reactive ketones (excluding diaryl/α,β-unsaturated/α-hetero) is 1. The lowest BCUT2D eigenvalue weighted by Crippen LogP contribution is -2.11. The second kappa shape index (κ2) is 5.26. The second-order valence-electron chi connectivity index (χ2n) is 5.67. The lowest BCUT2D eigenvalue weighted by Gasteiger charge is -2.15. The molecule has 0 spiro atoms. The molecule has 0 saturated carbocycles. The summed E-state index contributed by atoms with van der Waals surface area (Å²) in [5, 5.41) is 12.3. The number of rotatable bonds is 3. The molecule has 0 aliphatic heterocycles. The van der Waals surface area contributed by atoms with E-state index in [4.69, 9.17) is 0 Å². The van der Waals surface area contributed by atoms with Crippen LogP contribution in [0.25, 0.3) is 21.5 Å². The fraction of sp³-hybridized carbons (Fsp3) is 0.158. The van der Waals surface area contributed by atoms with E-state index in [1.54, 1.807) is 24.3 Å². The Balaban J connectivity index is 2.61. The Morgan fingerprint density at radius 1 is 0.773 bits per heavy atom. The minimum Gasteiger partial charge on any atom is -0.478 e. The summed E-state index contributed by atoms with van der Waals surface area (Å²) in [6, 6.07) is 14.4. The molecule has 0 fully saturated rings. The molecule has 22 heavy (non-hydrogen) atoms. The molecule has 0 heterocycles. The molecule has 0 aliphatic rings. The Labute approximate surface area is 128 Å². The van der Waals surface area contributed by atoms with Gasteiger partial charge in [0.25, 0.3) is 0 Å². The van der Waals surface area contributed by atoms with Gasteiger partial charge in [-0.25, -0.2) is 4.79 Å². The van der Waals surface area contributed by atoms with Crippen LogP contribution in [-0.4, -0.2) is 16.9 Å². The third-order valence-corrected chi connectivity index (χ3v) is 3.92. The zero-order chi connectivity index (χ0) is 15.9. The van der Waals surface area contributed by atoms with Gasteiger partial charge in [0.1, 0.15) is 0 Å². The van der Waals surface area contributed by atoms with Crippen molar-refractivity contribution in [3.05, 3.63) is 59.7 Å². The number of hydrogen-bond acceptors (Lipinski definition) is 2. The molecule has 0 unspecified atom stereocenters. The summed E-state index contributed by atoms with van der Waals surface area (Å²) in [5.74, 6) is -1.09. The first-order valence-corrected chi connectivity index (χ1v) is 7.23. The SMILES string of the molecule is CC(C)C(=O)c1c2ccccc2c(C(=O)O)c2ccccc12. The predicted octanol–water partition coefficient (Wildman–Crippen LogP) is 4.53. The quantitative estimate of drug-likeness (QED) is 0.570. The van der Waals surface area contributed by atoms with Crippen molar-refractivity contribution in [1.29, 1.82) is 0 Å². The van der Waals surface area contributed by atoms with Gasteiger partial charge in [0.2, 0.25) is 0 Å². The van der Waals surface area contributed by atoms with Gasteiger partial charge in [0.15, 0.2) is 5.78 Å². The average molecular weight is 292 g/mol. The van der Waals surface area contributed by atoms with E-state index in [1.807, 2.05) is 38.1 Å². The monoisotopic (exact) mass is 292 g/mol. The molecule has 0 bridgehead atoms. The van der Waals surface area contributed by atoms with E-state index in [1.165, 1.54) is 0 Å². The summed E-state index contributed by atoms with van der Waals surface area (Å²) >= 11 is 0. The van der Waals surface area contributed by atoms with Crippen molar-refractivity contribution in [3.63, 3.8) is 0 Å². The third-order valence-electron chi connectivity index (χ3n) is 3.92. The van der Waals surface area contributed by atoms with Gasteiger partial charge in [-0.05, 0) is 21.5 Å². The molecular weight excluding hydrogens is 276 g/mol.